The number of amides is 1. The van der Waals surface area contributed by atoms with Gasteiger partial charge in [-0.3, -0.25) is 10.1 Å². The molecule has 1 saturated carbocycles. The fourth-order valence-corrected chi connectivity index (χ4v) is 3.99. The van der Waals surface area contributed by atoms with Gasteiger partial charge in [-0.2, -0.15) is 0 Å². The number of carbonyl (C=O) groups excluding carboxylic acids is 1. The molecule has 2 aliphatic rings. The average Bonchev–Trinajstić information content (AvgIpc) is 3.47. The number of benzene rings is 2. The number of carbonyl (C=O) groups is 1. The lowest BCUT2D eigenvalue weighted by Crippen LogP contribution is -2.48. The van der Waals surface area contributed by atoms with Gasteiger partial charge in [-0.1, -0.05) is 42.5 Å². The third-order valence-corrected chi connectivity index (χ3v) is 5.91. The van der Waals surface area contributed by atoms with Crippen LogP contribution in [-0.4, -0.2) is 35.7 Å². The fraction of sp³-hybridized carbons (Fsp3) is 0.304. The topological polar surface area (TPSA) is 87.8 Å². The minimum absolute atomic E-state index is 0.107. The summed E-state index contributed by atoms with van der Waals surface area (Å²) in [7, 11) is 1.70. The Balaban J connectivity index is 1.32. The second-order valence-electron chi connectivity index (χ2n) is 7.82. The largest absolute Gasteiger partial charge is 0.489 e. The first-order valence-electron chi connectivity index (χ1n) is 10.0. The minimum Gasteiger partial charge on any atom is -0.489 e. The van der Waals surface area contributed by atoms with Crippen molar-refractivity contribution in [2.75, 3.05) is 18.6 Å². The number of anilines is 1. The van der Waals surface area contributed by atoms with Crippen molar-refractivity contribution in [3.05, 3.63) is 78.0 Å². The number of aliphatic hydroxyl groups excluding tert-OH is 1. The van der Waals surface area contributed by atoms with Crippen molar-refractivity contribution < 1.29 is 19.1 Å². The van der Waals surface area contributed by atoms with E-state index in [0.717, 1.165) is 18.4 Å². The SMILES string of the molecule is CN1C(=O)[C@@H](NC(O)c2coc(C3(c4ccccc4)CC3)n2)COc2ccccc21. The van der Waals surface area contributed by atoms with Crippen LogP contribution in [0.15, 0.2) is 65.3 Å². The number of hydrogen-bond donors (Lipinski definition) is 2. The molecule has 0 saturated heterocycles. The average molecular weight is 405 g/mol. The summed E-state index contributed by atoms with van der Waals surface area (Å²) < 4.78 is 11.5. The lowest BCUT2D eigenvalue weighted by molar-refractivity contribution is -0.121. The Morgan fingerprint density at radius 1 is 1.17 bits per heavy atom. The van der Waals surface area contributed by atoms with Crippen LogP contribution in [0.3, 0.4) is 0 Å². The lowest BCUT2D eigenvalue weighted by Gasteiger charge is -2.22. The third-order valence-electron chi connectivity index (χ3n) is 5.91. The number of aliphatic hydroxyl groups is 1. The molecule has 0 bridgehead atoms. The van der Waals surface area contributed by atoms with Gasteiger partial charge in [-0.25, -0.2) is 4.98 Å². The van der Waals surface area contributed by atoms with E-state index >= 15 is 0 Å². The number of oxazole rings is 1. The molecule has 0 spiro atoms. The first-order chi connectivity index (χ1) is 14.6. The molecule has 1 aliphatic heterocycles. The predicted molar refractivity (Wildman–Crippen MR) is 110 cm³/mol. The van der Waals surface area contributed by atoms with Gasteiger partial charge >= 0.3 is 0 Å². The summed E-state index contributed by atoms with van der Waals surface area (Å²) in [6, 6.07) is 16.8. The summed E-state index contributed by atoms with van der Waals surface area (Å²) >= 11 is 0. The molecule has 154 valence electrons. The smallest absolute Gasteiger partial charge is 0.247 e. The van der Waals surface area contributed by atoms with Crippen molar-refractivity contribution in [1.82, 2.24) is 10.3 Å². The monoisotopic (exact) mass is 405 g/mol. The molecule has 7 nitrogen and oxygen atoms in total. The molecule has 5 rings (SSSR count). The van der Waals surface area contributed by atoms with Gasteiger partial charge in [0.1, 0.15) is 30.4 Å². The maximum absolute atomic E-state index is 12.9. The van der Waals surface area contributed by atoms with Gasteiger partial charge in [0.2, 0.25) is 11.8 Å². The van der Waals surface area contributed by atoms with Gasteiger partial charge in [0.05, 0.1) is 11.1 Å². The Morgan fingerprint density at radius 3 is 2.67 bits per heavy atom. The van der Waals surface area contributed by atoms with E-state index in [-0.39, 0.29) is 17.9 Å². The molecule has 2 heterocycles. The van der Waals surface area contributed by atoms with E-state index in [4.69, 9.17) is 9.15 Å². The maximum Gasteiger partial charge on any atom is 0.247 e. The molecule has 1 aliphatic carbocycles. The van der Waals surface area contributed by atoms with Crippen molar-refractivity contribution in [1.29, 1.82) is 0 Å². The molecular formula is C23H23N3O4. The van der Waals surface area contributed by atoms with Gasteiger partial charge in [0.15, 0.2) is 6.23 Å². The van der Waals surface area contributed by atoms with Crippen molar-refractivity contribution in [2.24, 2.45) is 0 Å². The Labute approximate surface area is 174 Å². The van der Waals surface area contributed by atoms with Crippen LogP contribution in [0.25, 0.3) is 0 Å². The Kier molecular flexibility index (Phi) is 4.56. The highest BCUT2D eigenvalue weighted by Crippen LogP contribution is 2.53. The number of ether oxygens (including phenoxy) is 1. The van der Waals surface area contributed by atoms with Gasteiger partial charge in [-0.05, 0) is 30.5 Å². The van der Waals surface area contributed by atoms with Crippen LogP contribution in [0, 0.1) is 0 Å². The van der Waals surface area contributed by atoms with Crippen LogP contribution in [0.2, 0.25) is 0 Å². The van der Waals surface area contributed by atoms with Crippen molar-refractivity contribution in [3.63, 3.8) is 0 Å². The van der Waals surface area contributed by atoms with Crippen LogP contribution in [-0.2, 0) is 10.2 Å². The number of fused-ring (bicyclic) bond motifs is 1. The van der Waals surface area contributed by atoms with Gasteiger partial charge in [0.25, 0.3) is 0 Å². The number of para-hydroxylation sites is 2. The number of aromatic nitrogens is 1. The third kappa shape index (κ3) is 3.16. The zero-order chi connectivity index (χ0) is 20.7. The van der Waals surface area contributed by atoms with E-state index in [1.165, 1.54) is 11.2 Å². The number of hydrogen-bond acceptors (Lipinski definition) is 6. The summed E-state index contributed by atoms with van der Waals surface area (Å²) in [5.74, 6) is 1.04. The standard InChI is InChI=1S/C23H23N3O4/c1-26-18-9-5-6-10-19(18)29-14-17(21(26)28)24-20(27)16-13-30-22(25-16)23(11-12-23)15-7-3-2-4-8-15/h2-10,13,17,20,24,27H,11-12,14H2,1H3/t17-,20?/m0/s1. The van der Waals surface area contributed by atoms with Crippen molar-refractivity contribution >= 4 is 11.6 Å². The molecule has 30 heavy (non-hydrogen) atoms. The second kappa shape index (κ2) is 7.27. The Bertz CT molecular complexity index is 1060. The van der Waals surface area contributed by atoms with E-state index in [1.54, 1.807) is 7.05 Å². The van der Waals surface area contributed by atoms with Crippen LogP contribution in [0.4, 0.5) is 5.69 Å². The number of rotatable bonds is 5. The normalized spacial score (nSPS) is 20.8. The number of likely N-dealkylation sites (N-methyl/N-ethyl adjacent to an activating group) is 1. The van der Waals surface area contributed by atoms with Crippen LogP contribution < -0.4 is 15.0 Å². The van der Waals surface area contributed by atoms with Crippen LogP contribution in [0.5, 0.6) is 5.75 Å². The summed E-state index contributed by atoms with van der Waals surface area (Å²) in [5, 5.41) is 13.6. The zero-order valence-electron chi connectivity index (χ0n) is 16.6. The predicted octanol–water partition coefficient (Wildman–Crippen LogP) is 2.76. The second-order valence-corrected chi connectivity index (χ2v) is 7.82. The van der Waals surface area contributed by atoms with E-state index in [0.29, 0.717) is 23.0 Å². The first-order valence-corrected chi connectivity index (χ1v) is 10.0. The van der Waals surface area contributed by atoms with E-state index in [9.17, 15) is 9.90 Å². The van der Waals surface area contributed by atoms with Gasteiger partial charge in [-0.15, -0.1) is 0 Å². The maximum atomic E-state index is 12.9. The molecule has 0 radical (unpaired) electrons. The number of nitrogens with zero attached hydrogens (tertiary/aromatic N) is 2. The Hall–Kier alpha value is -3.16. The molecule has 3 aromatic rings. The molecular weight excluding hydrogens is 382 g/mol. The summed E-state index contributed by atoms with van der Waals surface area (Å²) in [4.78, 5) is 18.9. The van der Waals surface area contributed by atoms with Crippen molar-refractivity contribution in [2.45, 2.75) is 30.5 Å². The quantitative estimate of drug-likeness (QED) is 0.635. The summed E-state index contributed by atoms with van der Waals surface area (Å²) in [5.41, 5.74) is 1.99. The summed E-state index contributed by atoms with van der Waals surface area (Å²) in [6.45, 7) is 0.107. The highest BCUT2D eigenvalue weighted by Gasteiger charge is 2.50. The highest BCUT2D eigenvalue weighted by atomic mass is 16.5. The van der Waals surface area contributed by atoms with E-state index < -0.39 is 12.3 Å². The van der Waals surface area contributed by atoms with Crippen LogP contribution >= 0.6 is 0 Å². The van der Waals surface area contributed by atoms with E-state index in [2.05, 4.69) is 22.4 Å². The fourth-order valence-electron chi connectivity index (χ4n) is 3.99. The molecule has 1 amide bonds. The first kappa shape index (κ1) is 18.8. The van der Waals surface area contributed by atoms with Crippen molar-refractivity contribution in [3.8, 4) is 5.75 Å². The zero-order valence-corrected chi connectivity index (χ0v) is 16.6. The minimum atomic E-state index is -1.15. The van der Waals surface area contributed by atoms with Gasteiger partial charge in [0, 0.05) is 7.05 Å². The van der Waals surface area contributed by atoms with E-state index in [1.807, 2.05) is 42.5 Å². The molecule has 1 aromatic heterocycles. The number of nitrogens with one attached hydrogen (secondary N) is 1. The lowest BCUT2D eigenvalue weighted by atomic mass is 9.96. The highest BCUT2D eigenvalue weighted by molar-refractivity contribution is 5.98. The Morgan fingerprint density at radius 2 is 1.90 bits per heavy atom. The molecule has 2 aromatic carbocycles. The molecule has 2 N–H and O–H groups in total. The van der Waals surface area contributed by atoms with Crippen LogP contribution in [0.1, 0.15) is 36.2 Å². The molecule has 7 heteroatoms. The summed E-state index contributed by atoms with van der Waals surface area (Å²) in [6.07, 6.45) is 2.22. The molecule has 2 atom stereocenters. The molecule has 1 fully saturated rings. The van der Waals surface area contributed by atoms with Gasteiger partial charge < -0.3 is 19.2 Å². The molecule has 1 unspecified atom stereocenters.